The zero-order valence-electron chi connectivity index (χ0n) is 12.3. The van der Waals surface area contributed by atoms with Gasteiger partial charge in [0.1, 0.15) is 11.6 Å². The highest BCUT2D eigenvalue weighted by atomic mass is 16.3. The zero-order valence-corrected chi connectivity index (χ0v) is 12.3. The molecule has 0 atom stereocenters. The lowest BCUT2D eigenvalue weighted by Crippen LogP contribution is -2.34. The van der Waals surface area contributed by atoms with Crippen LogP contribution in [-0.4, -0.2) is 30.6 Å². The number of anilines is 1. The normalized spacial score (nSPS) is 14.3. The van der Waals surface area contributed by atoms with Gasteiger partial charge in [0.2, 0.25) is 0 Å². The Balaban J connectivity index is 2.34. The molecule has 2 N–H and O–H groups in total. The number of rotatable bonds is 6. The van der Waals surface area contributed by atoms with E-state index in [1.165, 1.54) is 5.56 Å². The number of aliphatic imine (C=N–C) groups is 1. The van der Waals surface area contributed by atoms with Crippen molar-refractivity contribution in [3.63, 3.8) is 0 Å². The van der Waals surface area contributed by atoms with E-state index in [4.69, 9.17) is 0 Å². The van der Waals surface area contributed by atoms with Crippen LogP contribution in [-0.2, 0) is 0 Å². The molecule has 1 aromatic rings. The largest absolute Gasteiger partial charge is 0.509 e. The van der Waals surface area contributed by atoms with Crippen LogP contribution in [0.5, 0.6) is 0 Å². The van der Waals surface area contributed by atoms with Crippen LogP contribution in [0.15, 0.2) is 66.0 Å². The number of aliphatic hydroxyl groups excluding tert-OH is 1. The molecule has 0 bridgehead atoms. The fourth-order valence-electron chi connectivity index (χ4n) is 2.18. The molecule has 1 heterocycles. The number of aliphatic hydroxyl groups is 1. The molecule has 1 aliphatic rings. The first-order valence-corrected chi connectivity index (χ1v) is 6.93. The number of hydrogen-bond donors (Lipinski definition) is 2. The van der Waals surface area contributed by atoms with Gasteiger partial charge in [-0.05, 0) is 25.1 Å². The van der Waals surface area contributed by atoms with Crippen LogP contribution < -0.4 is 10.2 Å². The summed E-state index contributed by atoms with van der Waals surface area (Å²) in [4.78, 5) is 6.48. The van der Waals surface area contributed by atoms with E-state index in [1.807, 2.05) is 17.0 Å². The van der Waals surface area contributed by atoms with Crippen molar-refractivity contribution in [2.24, 2.45) is 4.99 Å². The van der Waals surface area contributed by atoms with Crippen LogP contribution in [0.3, 0.4) is 0 Å². The molecule has 2 rings (SSSR count). The molecule has 4 nitrogen and oxygen atoms in total. The lowest BCUT2D eigenvalue weighted by Gasteiger charge is -2.26. The summed E-state index contributed by atoms with van der Waals surface area (Å²) in [7, 11) is 0. The van der Waals surface area contributed by atoms with Gasteiger partial charge in [-0.1, -0.05) is 30.9 Å². The van der Waals surface area contributed by atoms with E-state index in [2.05, 4.69) is 42.5 Å². The van der Waals surface area contributed by atoms with E-state index in [0.717, 1.165) is 30.3 Å². The van der Waals surface area contributed by atoms with Crippen LogP contribution in [0.1, 0.15) is 5.56 Å². The first-order valence-electron chi connectivity index (χ1n) is 6.93. The molecule has 0 aromatic heterocycles. The maximum absolute atomic E-state index is 9.46. The van der Waals surface area contributed by atoms with Gasteiger partial charge in [0.05, 0.1) is 13.1 Å². The van der Waals surface area contributed by atoms with Gasteiger partial charge in [0.15, 0.2) is 0 Å². The van der Waals surface area contributed by atoms with Crippen molar-refractivity contribution in [2.45, 2.75) is 6.92 Å². The Kier molecular flexibility index (Phi) is 4.82. The Morgan fingerprint density at radius 1 is 1.43 bits per heavy atom. The van der Waals surface area contributed by atoms with Gasteiger partial charge in [0.25, 0.3) is 0 Å². The van der Waals surface area contributed by atoms with Gasteiger partial charge in [-0.15, -0.1) is 0 Å². The second-order valence-corrected chi connectivity index (χ2v) is 4.94. The van der Waals surface area contributed by atoms with Crippen molar-refractivity contribution in [2.75, 3.05) is 24.5 Å². The molecule has 0 spiro atoms. The van der Waals surface area contributed by atoms with Gasteiger partial charge in [-0.2, -0.15) is 0 Å². The summed E-state index contributed by atoms with van der Waals surface area (Å²) in [5.74, 6) is 0.940. The third-order valence-corrected chi connectivity index (χ3v) is 3.23. The van der Waals surface area contributed by atoms with Gasteiger partial charge >= 0.3 is 0 Å². The van der Waals surface area contributed by atoms with Crippen LogP contribution in [0.2, 0.25) is 0 Å². The Morgan fingerprint density at radius 2 is 2.14 bits per heavy atom. The van der Waals surface area contributed by atoms with Gasteiger partial charge in [0, 0.05) is 24.0 Å². The molecular formula is C17H21N3O. The first-order chi connectivity index (χ1) is 10.1. The van der Waals surface area contributed by atoms with E-state index in [9.17, 15) is 5.11 Å². The van der Waals surface area contributed by atoms with Crippen LogP contribution in [0, 0.1) is 6.92 Å². The van der Waals surface area contributed by atoms with E-state index in [-0.39, 0.29) is 5.76 Å². The van der Waals surface area contributed by atoms with E-state index in [0.29, 0.717) is 6.54 Å². The molecule has 0 fully saturated rings. The maximum Gasteiger partial charge on any atom is 0.117 e. The van der Waals surface area contributed by atoms with Crippen molar-refractivity contribution in [1.29, 1.82) is 0 Å². The highest BCUT2D eigenvalue weighted by Crippen LogP contribution is 2.21. The highest BCUT2D eigenvalue weighted by Gasteiger charge is 2.15. The topological polar surface area (TPSA) is 47.9 Å². The third-order valence-electron chi connectivity index (χ3n) is 3.23. The predicted molar refractivity (Wildman–Crippen MR) is 88.9 cm³/mol. The Labute approximate surface area is 125 Å². The molecule has 1 aromatic carbocycles. The SMILES string of the molecule is C=C/C(=C\C(=C)O)N(CC1=NCCN1)c1ccc(C)cc1. The van der Waals surface area contributed by atoms with Crippen molar-refractivity contribution < 1.29 is 5.11 Å². The van der Waals surface area contributed by atoms with Crippen molar-refractivity contribution in [3.05, 3.63) is 66.6 Å². The number of aryl methyl sites for hydroxylation is 1. The number of nitrogens with zero attached hydrogens (tertiary/aromatic N) is 2. The molecule has 0 saturated carbocycles. The number of amidine groups is 1. The Bertz CT molecular complexity index is 585. The standard InChI is InChI=1S/C17H21N3O/c1-4-15(11-14(3)21)20(12-17-18-9-10-19-17)16-7-5-13(2)6-8-16/h4-8,11,21H,1,3,9-10,12H2,2H3,(H,18,19)/b15-11+. The van der Waals surface area contributed by atoms with Crippen molar-refractivity contribution in [3.8, 4) is 0 Å². The third kappa shape index (κ3) is 3.99. The molecule has 1 aliphatic heterocycles. The molecule has 21 heavy (non-hydrogen) atoms. The summed E-state index contributed by atoms with van der Waals surface area (Å²) >= 11 is 0. The average molecular weight is 283 g/mol. The minimum atomic E-state index is 0.00308. The summed E-state index contributed by atoms with van der Waals surface area (Å²) in [5.41, 5.74) is 3.00. The Hall–Kier alpha value is -2.49. The van der Waals surface area contributed by atoms with Crippen LogP contribution in [0.4, 0.5) is 5.69 Å². The van der Waals surface area contributed by atoms with E-state index < -0.39 is 0 Å². The summed E-state index contributed by atoms with van der Waals surface area (Å²) < 4.78 is 0. The quantitative estimate of drug-likeness (QED) is 0.623. The van der Waals surface area contributed by atoms with Gasteiger partial charge in [-0.25, -0.2) is 0 Å². The second kappa shape index (κ2) is 6.79. The smallest absolute Gasteiger partial charge is 0.117 e. The first kappa shape index (κ1) is 14.9. The molecule has 0 radical (unpaired) electrons. The summed E-state index contributed by atoms with van der Waals surface area (Å²) in [6, 6.07) is 8.20. The summed E-state index contributed by atoms with van der Waals surface area (Å²) in [6.45, 7) is 11.7. The van der Waals surface area contributed by atoms with E-state index in [1.54, 1.807) is 12.2 Å². The fraction of sp³-hybridized carbons (Fsp3) is 0.235. The fourth-order valence-corrected chi connectivity index (χ4v) is 2.18. The maximum atomic E-state index is 9.46. The molecule has 0 saturated heterocycles. The minimum absolute atomic E-state index is 0.00308. The van der Waals surface area contributed by atoms with Crippen LogP contribution >= 0.6 is 0 Å². The van der Waals surface area contributed by atoms with Gasteiger partial charge in [-0.3, -0.25) is 4.99 Å². The number of nitrogens with one attached hydrogen (secondary N) is 1. The van der Waals surface area contributed by atoms with Crippen molar-refractivity contribution >= 4 is 11.5 Å². The highest BCUT2D eigenvalue weighted by molar-refractivity contribution is 5.89. The number of allylic oxidation sites excluding steroid dienone is 2. The van der Waals surface area contributed by atoms with Crippen molar-refractivity contribution in [1.82, 2.24) is 5.32 Å². The number of benzene rings is 1. The number of hydrogen-bond acceptors (Lipinski definition) is 4. The minimum Gasteiger partial charge on any atom is -0.509 e. The lowest BCUT2D eigenvalue weighted by molar-refractivity contribution is 0.434. The monoisotopic (exact) mass is 283 g/mol. The molecule has 0 aliphatic carbocycles. The Morgan fingerprint density at radius 3 is 2.67 bits per heavy atom. The summed E-state index contributed by atoms with van der Waals surface area (Å²) in [5, 5.41) is 12.7. The second-order valence-electron chi connectivity index (χ2n) is 4.94. The molecule has 0 amide bonds. The van der Waals surface area contributed by atoms with E-state index >= 15 is 0 Å². The lowest BCUT2D eigenvalue weighted by atomic mass is 10.2. The molecule has 110 valence electrons. The zero-order chi connectivity index (χ0) is 15.2. The average Bonchev–Trinajstić information content (AvgIpc) is 2.96. The molecule has 4 heteroatoms. The molecular weight excluding hydrogens is 262 g/mol. The van der Waals surface area contributed by atoms with Gasteiger partial charge < -0.3 is 15.3 Å². The predicted octanol–water partition coefficient (Wildman–Crippen LogP) is 2.94. The summed E-state index contributed by atoms with van der Waals surface area (Å²) in [6.07, 6.45) is 3.30. The molecule has 0 unspecified atom stereocenters. The van der Waals surface area contributed by atoms with Crippen LogP contribution in [0.25, 0.3) is 0 Å².